The van der Waals surface area contributed by atoms with Crippen molar-refractivity contribution in [2.24, 2.45) is 0 Å². The number of nitrogens with zero attached hydrogens (tertiary/aromatic N) is 4. The molecule has 0 unspecified atom stereocenters. The summed E-state index contributed by atoms with van der Waals surface area (Å²) >= 11 is 2.64. The molecular formula is C19H17N5O2S2. The first kappa shape index (κ1) is 19.7. The van der Waals surface area contributed by atoms with Crippen molar-refractivity contribution in [2.75, 3.05) is 29.6 Å². The first-order valence-corrected chi connectivity index (χ1v) is 10.1. The molecule has 1 N–H and O–H groups in total. The normalized spacial score (nSPS) is 10.1. The summed E-state index contributed by atoms with van der Waals surface area (Å²) in [5.41, 5.74) is 1.49. The van der Waals surface area contributed by atoms with Gasteiger partial charge in [-0.25, -0.2) is 0 Å². The van der Waals surface area contributed by atoms with Crippen LogP contribution in [0, 0.1) is 11.3 Å². The molecule has 0 bridgehead atoms. The second kappa shape index (κ2) is 9.73. The maximum absolute atomic E-state index is 12.6. The molecule has 28 heavy (non-hydrogen) atoms. The predicted molar refractivity (Wildman–Crippen MR) is 111 cm³/mol. The third kappa shape index (κ3) is 5.00. The van der Waals surface area contributed by atoms with E-state index in [-0.39, 0.29) is 18.2 Å². The number of para-hydroxylation sites is 3. The van der Waals surface area contributed by atoms with E-state index in [0.717, 1.165) is 5.69 Å². The Morgan fingerprint density at radius 2 is 1.96 bits per heavy atom. The summed E-state index contributed by atoms with van der Waals surface area (Å²) in [6.07, 6.45) is 0. The van der Waals surface area contributed by atoms with Gasteiger partial charge in [0.1, 0.15) is 12.3 Å². The Morgan fingerprint density at radius 1 is 1.21 bits per heavy atom. The lowest BCUT2D eigenvalue weighted by atomic mass is 10.3. The van der Waals surface area contributed by atoms with E-state index in [4.69, 9.17) is 10.00 Å². The molecule has 2 aromatic carbocycles. The van der Waals surface area contributed by atoms with Gasteiger partial charge in [0.15, 0.2) is 4.34 Å². The van der Waals surface area contributed by atoms with Crippen molar-refractivity contribution in [1.82, 2.24) is 10.2 Å². The molecule has 0 atom stereocenters. The lowest BCUT2D eigenvalue weighted by molar-refractivity contribution is -0.116. The van der Waals surface area contributed by atoms with Gasteiger partial charge in [0.05, 0.1) is 24.6 Å². The first-order chi connectivity index (χ1) is 13.7. The number of anilines is 3. The van der Waals surface area contributed by atoms with Crippen LogP contribution in [0.1, 0.15) is 0 Å². The van der Waals surface area contributed by atoms with Crippen LogP contribution in [0.4, 0.5) is 16.5 Å². The number of carbonyl (C=O) groups excluding carboxylic acids is 1. The second-order valence-electron chi connectivity index (χ2n) is 5.46. The number of nitriles is 1. The summed E-state index contributed by atoms with van der Waals surface area (Å²) in [4.78, 5) is 14.0. The molecule has 1 amide bonds. The molecule has 7 nitrogen and oxygen atoms in total. The number of hydrogen-bond acceptors (Lipinski definition) is 8. The average molecular weight is 412 g/mol. The number of hydrogen-bond donors (Lipinski definition) is 1. The zero-order chi connectivity index (χ0) is 19.8. The summed E-state index contributed by atoms with van der Waals surface area (Å²) in [6.45, 7) is 0.000132. The van der Waals surface area contributed by atoms with E-state index in [1.54, 1.807) is 19.2 Å². The summed E-state index contributed by atoms with van der Waals surface area (Å²) in [7, 11) is 1.60. The van der Waals surface area contributed by atoms with E-state index in [9.17, 15) is 4.79 Å². The topological polar surface area (TPSA) is 91.1 Å². The van der Waals surface area contributed by atoms with E-state index in [2.05, 4.69) is 15.5 Å². The van der Waals surface area contributed by atoms with Crippen LogP contribution in [0.3, 0.4) is 0 Å². The molecule has 1 heterocycles. The number of aromatic nitrogens is 2. The van der Waals surface area contributed by atoms with Crippen LogP contribution < -0.4 is 15.0 Å². The summed E-state index contributed by atoms with van der Waals surface area (Å²) < 4.78 is 5.97. The lowest BCUT2D eigenvalue weighted by Gasteiger charge is -2.19. The standard InChI is InChI=1S/C19H17N5O2S2/c1-26-16-10-6-5-9-15(16)21-18-22-23-19(28-18)27-13-17(25)24(12-11-20)14-7-3-2-4-8-14/h2-10H,12-13H2,1H3,(H,21,22). The first-order valence-electron chi connectivity index (χ1n) is 8.30. The number of thioether (sulfide) groups is 1. The Labute approximate surface area is 171 Å². The van der Waals surface area contributed by atoms with Crippen molar-refractivity contribution >= 4 is 45.5 Å². The molecule has 0 radical (unpaired) electrons. The molecule has 3 rings (SSSR count). The van der Waals surface area contributed by atoms with Crippen LogP contribution in [-0.2, 0) is 4.79 Å². The van der Waals surface area contributed by atoms with Gasteiger partial charge in [-0.3, -0.25) is 9.69 Å². The van der Waals surface area contributed by atoms with E-state index in [0.29, 0.717) is 20.9 Å². The number of ether oxygens (including phenoxy) is 1. The van der Waals surface area contributed by atoms with E-state index in [1.165, 1.54) is 28.0 Å². The van der Waals surface area contributed by atoms with Crippen molar-refractivity contribution in [2.45, 2.75) is 4.34 Å². The molecular weight excluding hydrogens is 394 g/mol. The molecule has 0 aliphatic heterocycles. The molecule has 9 heteroatoms. The Morgan fingerprint density at radius 3 is 2.71 bits per heavy atom. The van der Waals surface area contributed by atoms with E-state index >= 15 is 0 Å². The van der Waals surface area contributed by atoms with Crippen LogP contribution in [-0.4, -0.2) is 35.5 Å². The van der Waals surface area contributed by atoms with Gasteiger partial charge in [0.25, 0.3) is 0 Å². The Bertz CT molecular complexity index is 972. The molecule has 0 aliphatic carbocycles. The maximum Gasteiger partial charge on any atom is 0.238 e. The fourth-order valence-corrected chi connectivity index (χ4v) is 4.03. The SMILES string of the molecule is COc1ccccc1Nc1nnc(SCC(=O)N(CC#N)c2ccccc2)s1. The van der Waals surface area contributed by atoms with Gasteiger partial charge in [-0.2, -0.15) is 5.26 Å². The second-order valence-corrected chi connectivity index (χ2v) is 7.66. The van der Waals surface area contributed by atoms with Crippen molar-refractivity contribution in [1.29, 1.82) is 5.26 Å². The Balaban J connectivity index is 1.62. The molecule has 1 aromatic heterocycles. The quantitative estimate of drug-likeness (QED) is 0.443. The number of nitrogens with one attached hydrogen (secondary N) is 1. The van der Waals surface area contributed by atoms with Gasteiger partial charge < -0.3 is 10.1 Å². The molecule has 142 valence electrons. The summed E-state index contributed by atoms with van der Waals surface area (Å²) in [6, 6.07) is 18.7. The third-order valence-electron chi connectivity index (χ3n) is 3.67. The molecule has 0 aliphatic rings. The summed E-state index contributed by atoms with van der Waals surface area (Å²) in [5, 5.41) is 21.0. The molecule has 0 spiro atoms. The van der Waals surface area contributed by atoms with Gasteiger partial charge in [0, 0.05) is 5.69 Å². The van der Waals surface area contributed by atoms with Gasteiger partial charge in [-0.1, -0.05) is 53.4 Å². The minimum Gasteiger partial charge on any atom is -0.495 e. The van der Waals surface area contributed by atoms with E-state index in [1.807, 2.05) is 48.5 Å². The zero-order valence-corrected chi connectivity index (χ0v) is 16.7. The summed E-state index contributed by atoms with van der Waals surface area (Å²) in [5.74, 6) is 0.712. The Hall–Kier alpha value is -3.09. The fraction of sp³-hybridized carbons (Fsp3) is 0.158. The fourth-order valence-electron chi connectivity index (χ4n) is 2.39. The molecule has 0 fully saturated rings. The largest absolute Gasteiger partial charge is 0.495 e. The number of amides is 1. The van der Waals surface area contributed by atoms with Crippen molar-refractivity contribution in [3.63, 3.8) is 0 Å². The van der Waals surface area contributed by atoms with Crippen molar-refractivity contribution in [3.8, 4) is 11.8 Å². The highest BCUT2D eigenvalue weighted by Crippen LogP contribution is 2.31. The Kier molecular flexibility index (Phi) is 6.84. The lowest BCUT2D eigenvalue weighted by Crippen LogP contribution is -2.32. The van der Waals surface area contributed by atoms with Crippen LogP contribution in [0.15, 0.2) is 58.9 Å². The minimum atomic E-state index is -0.160. The van der Waals surface area contributed by atoms with Gasteiger partial charge in [-0.15, -0.1) is 10.2 Å². The van der Waals surface area contributed by atoms with Crippen LogP contribution in [0.5, 0.6) is 5.75 Å². The zero-order valence-electron chi connectivity index (χ0n) is 15.0. The maximum atomic E-state index is 12.6. The average Bonchev–Trinajstić information content (AvgIpc) is 3.18. The highest BCUT2D eigenvalue weighted by atomic mass is 32.2. The van der Waals surface area contributed by atoms with Crippen LogP contribution in [0.25, 0.3) is 0 Å². The monoisotopic (exact) mass is 411 g/mol. The van der Waals surface area contributed by atoms with Crippen molar-refractivity contribution in [3.05, 3.63) is 54.6 Å². The number of benzene rings is 2. The molecule has 3 aromatic rings. The van der Waals surface area contributed by atoms with Crippen molar-refractivity contribution < 1.29 is 9.53 Å². The molecule has 0 saturated heterocycles. The highest BCUT2D eigenvalue weighted by Gasteiger charge is 2.17. The predicted octanol–water partition coefficient (Wildman–Crippen LogP) is 3.94. The molecule has 0 saturated carbocycles. The van der Waals surface area contributed by atoms with Crippen LogP contribution >= 0.6 is 23.1 Å². The number of rotatable bonds is 8. The van der Waals surface area contributed by atoms with Gasteiger partial charge in [0.2, 0.25) is 11.0 Å². The van der Waals surface area contributed by atoms with E-state index < -0.39 is 0 Å². The smallest absolute Gasteiger partial charge is 0.238 e. The number of methoxy groups -OCH3 is 1. The van der Waals surface area contributed by atoms with Gasteiger partial charge in [-0.05, 0) is 24.3 Å². The van der Waals surface area contributed by atoms with Gasteiger partial charge >= 0.3 is 0 Å². The third-order valence-corrected chi connectivity index (χ3v) is 5.63. The van der Waals surface area contributed by atoms with Crippen LogP contribution in [0.2, 0.25) is 0 Å². The minimum absolute atomic E-state index is 0.000132. The number of carbonyl (C=O) groups is 1. The highest BCUT2D eigenvalue weighted by molar-refractivity contribution is 8.01.